The minimum atomic E-state index is -0.907. The van der Waals surface area contributed by atoms with Gasteiger partial charge in [-0.05, 0) is 59.4 Å². The van der Waals surface area contributed by atoms with Crippen LogP contribution < -0.4 is 4.74 Å². The number of phenolic OH excluding ortho intramolecular Hbond substituents is 1. The van der Waals surface area contributed by atoms with Gasteiger partial charge in [0, 0.05) is 17.5 Å². The highest BCUT2D eigenvalue weighted by Gasteiger charge is 2.41. The number of fused-ring (bicyclic) bond motifs is 1. The summed E-state index contributed by atoms with van der Waals surface area (Å²) >= 11 is 0. The summed E-state index contributed by atoms with van der Waals surface area (Å²) in [5, 5.41) is 20.8. The number of aliphatic hydroxyl groups excluding tert-OH is 1. The Morgan fingerprint density at radius 1 is 1.21 bits per heavy atom. The smallest absolute Gasteiger partial charge is 0.154 e. The third-order valence-electron chi connectivity index (χ3n) is 5.34. The SMILES string of the molecule is CC(C)=CCC/C(C)=C/CCC1(C)Oc2c(C=O)c(C=O)cc(O)c2CC1O. The number of benzene rings is 1. The monoisotopic (exact) mass is 386 g/mol. The highest BCUT2D eigenvalue weighted by molar-refractivity contribution is 5.94. The lowest BCUT2D eigenvalue weighted by Crippen LogP contribution is -2.49. The number of aldehydes is 2. The van der Waals surface area contributed by atoms with E-state index in [1.165, 1.54) is 17.2 Å². The molecule has 1 aromatic carbocycles. The van der Waals surface area contributed by atoms with Crippen LogP contribution in [-0.2, 0) is 6.42 Å². The van der Waals surface area contributed by atoms with Gasteiger partial charge in [-0.15, -0.1) is 0 Å². The lowest BCUT2D eigenvalue weighted by atomic mass is 9.84. The Morgan fingerprint density at radius 3 is 2.54 bits per heavy atom. The standard InChI is InChI=1S/C23H30O5/c1-15(2)7-5-8-16(3)9-6-10-23(4)21(27)12-18-20(26)11-17(13-24)19(14-25)22(18)28-23/h7,9,11,13-14,21,26-27H,5-6,8,10,12H2,1-4H3/b16-9+. The highest BCUT2D eigenvalue weighted by atomic mass is 16.5. The number of ether oxygens (including phenoxy) is 1. The second kappa shape index (κ2) is 9.20. The molecule has 0 aromatic heterocycles. The molecular weight excluding hydrogens is 356 g/mol. The molecule has 1 aliphatic rings. The summed E-state index contributed by atoms with van der Waals surface area (Å²) in [6.45, 7) is 8.06. The summed E-state index contributed by atoms with van der Waals surface area (Å²) in [5.41, 5.74) is 2.25. The van der Waals surface area contributed by atoms with Gasteiger partial charge < -0.3 is 14.9 Å². The number of carbonyl (C=O) groups is 2. The quantitative estimate of drug-likeness (QED) is 0.506. The molecule has 5 nitrogen and oxygen atoms in total. The number of aliphatic hydroxyl groups is 1. The largest absolute Gasteiger partial charge is 0.508 e. The van der Waals surface area contributed by atoms with Crippen molar-refractivity contribution in [2.24, 2.45) is 0 Å². The van der Waals surface area contributed by atoms with Crippen molar-refractivity contribution in [3.05, 3.63) is 46.1 Å². The molecule has 0 aliphatic carbocycles. The summed E-state index contributed by atoms with van der Waals surface area (Å²) in [5.74, 6) is 0.0629. The molecule has 1 heterocycles. The Morgan fingerprint density at radius 2 is 1.93 bits per heavy atom. The molecule has 2 N–H and O–H groups in total. The zero-order valence-electron chi connectivity index (χ0n) is 17.1. The van der Waals surface area contributed by atoms with E-state index < -0.39 is 11.7 Å². The molecule has 0 amide bonds. The van der Waals surface area contributed by atoms with E-state index in [9.17, 15) is 19.8 Å². The Balaban J connectivity index is 2.17. The molecule has 2 unspecified atom stereocenters. The van der Waals surface area contributed by atoms with Crippen molar-refractivity contribution in [1.29, 1.82) is 0 Å². The summed E-state index contributed by atoms with van der Waals surface area (Å²) < 4.78 is 6.03. The zero-order valence-corrected chi connectivity index (χ0v) is 17.1. The Labute approximate surface area is 166 Å². The Bertz CT molecular complexity index is 802. The Kier molecular flexibility index (Phi) is 7.19. The number of aromatic hydroxyl groups is 1. The summed E-state index contributed by atoms with van der Waals surface area (Å²) in [4.78, 5) is 22.8. The van der Waals surface area contributed by atoms with Crippen LogP contribution in [0.3, 0.4) is 0 Å². The molecule has 0 fully saturated rings. The van der Waals surface area contributed by atoms with E-state index in [1.54, 1.807) is 6.92 Å². The van der Waals surface area contributed by atoms with Gasteiger partial charge in [0.25, 0.3) is 0 Å². The van der Waals surface area contributed by atoms with Crippen LogP contribution >= 0.6 is 0 Å². The fourth-order valence-electron chi connectivity index (χ4n) is 3.48. The van der Waals surface area contributed by atoms with E-state index in [-0.39, 0.29) is 29.0 Å². The van der Waals surface area contributed by atoms with E-state index in [0.29, 0.717) is 24.6 Å². The van der Waals surface area contributed by atoms with Gasteiger partial charge in [-0.1, -0.05) is 23.3 Å². The maximum absolute atomic E-state index is 11.5. The van der Waals surface area contributed by atoms with E-state index in [4.69, 9.17) is 4.74 Å². The van der Waals surface area contributed by atoms with E-state index in [2.05, 4.69) is 32.9 Å². The lowest BCUT2D eigenvalue weighted by Gasteiger charge is -2.40. The number of hydrogen-bond acceptors (Lipinski definition) is 5. The molecule has 0 saturated carbocycles. The predicted octanol–water partition coefficient (Wildman–Crippen LogP) is 4.54. The summed E-state index contributed by atoms with van der Waals surface area (Å²) in [6, 6.07) is 1.24. The van der Waals surface area contributed by atoms with Crippen LogP contribution in [0.5, 0.6) is 11.5 Å². The van der Waals surface area contributed by atoms with Gasteiger partial charge in [-0.25, -0.2) is 0 Å². The average molecular weight is 386 g/mol. The van der Waals surface area contributed by atoms with Crippen LogP contribution in [0.4, 0.5) is 0 Å². The lowest BCUT2D eigenvalue weighted by molar-refractivity contribution is -0.0595. The molecule has 28 heavy (non-hydrogen) atoms. The van der Waals surface area contributed by atoms with Crippen molar-refractivity contribution in [3.8, 4) is 11.5 Å². The van der Waals surface area contributed by atoms with Crippen LogP contribution in [0.15, 0.2) is 29.4 Å². The molecule has 2 rings (SSSR count). The number of allylic oxidation sites excluding steroid dienone is 4. The molecule has 2 atom stereocenters. The highest BCUT2D eigenvalue weighted by Crippen LogP contribution is 2.43. The van der Waals surface area contributed by atoms with E-state index >= 15 is 0 Å². The molecule has 152 valence electrons. The molecule has 1 aliphatic heterocycles. The van der Waals surface area contributed by atoms with Gasteiger partial charge >= 0.3 is 0 Å². The first-order valence-corrected chi connectivity index (χ1v) is 9.67. The van der Waals surface area contributed by atoms with Gasteiger partial charge in [-0.2, -0.15) is 0 Å². The van der Waals surface area contributed by atoms with Crippen molar-refractivity contribution >= 4 is 12.6 Å². The molecule has 0 bridgehead atoms. The summed E-state index contributed by atoms with van der Waals surface area (Å²) in [7, 11) is 0. The Hall–Kier alpha value is -2.40. The van der Waals surface area contributed by atoms with Gasteiger partial charge in [0.15, 0.2) is 12.6 Å². The maximum Gasteiger partial charge on any atom is 0.154 e. The topological polar surface area (TPSA) is 83.8 Å². The first-order chi connectivity index (χ1) is 13.2. The predicted molar refractivity (Wildman–Crippen MR) is 109 cm³/mol. The first-order valence-electron chi connectivity index (χ1n) is 9.67. The van der Waals surface area contributed by atoms with Crippen molar-refractivity contribution < 1.29 is 24.5 Å². The van der Waals surface area contributed by atoms with Crippen molar-refractivity contribution in [1.82, 2.24) is 0 Å². The second-order valence-electron chi connectivity index (χ2n) is 7.99. The molecule has 0 spiro atoms. The molecule has 1 aromatic rings. The van der Waals surface area contributed by atoms with Crippen LogP contribution in [-0.4, -0.2) is 34.5 Å². The molecule has 0 saturated heterocycles. The third kappa shape index (κ3) is 4.90. The van der Waals surface area contributed by atoms with Crippen molar-refractivity contribution in [3.63, 3.8) is 0 Å². The van der Waals surface area contributed by atoms with Crippen LogP contribution in [0, 0.1) is 0 Å². The van der Waals surface area contributed by atoms with Crippen molar-refractivity contribution in [2.45, 2.75) is 71.5 Å². The fraction of sp³-hybridized carbons (Fsp3) is 0.478. The minimum absolute atomic E-state index is 0.0833. The zero-order chi connectivity index (χ0) is 20.9. The number of phenols is 1. The first kappa shape index (κ1) is 21.9. The molecular formula is C23H30O5. The van der Waals surface area contributed by atoms with Gasteiger partial charge in [0.2, 0.25) is 0 Å². The minimum Gasteiger partial charge on any atom is -0.508 e. The normalized spacial score (nSPS) is 21.5. The average Bonchev–Trinajstić information content (AvgIpc) is 2.63. The molecule has 0 radical (unpaired) electrons. The molecule has 5 heteroatoms. The number of carbonyl (C=O) groups excluding carboxylic acids is 2. The van der Waals surface area contributed by atoms with Gasteiger partial charge in [0.1, 0.15) is 17.1 Å². The van der Waals surface area contributed by atoms with Crippen LogP contribution in [0.25, 0.3) is 0 Å². The van der Waals surface area contributed by atoms with E-state index in [0.717, 1.165) is 19.3 Å². The summed E-state index contributed by atoms with van der Waals surface area (Å²) in [6.07, 6.45) is 8.05. The van der Waals surface area contributed by atoms with Crippen molar-refractivity contribution in [2.75, 3.05) is 0 Å². The van der Waals surface area contributed by atoms with Gasteiger partial charge in [-0.3, -0.25) is 9.59 Å². The number of rotatable bonds is 8. The van der Waals surface area contributed by atoms with Crippen LogP contribution in [0.1, 0.15) is 79.7 Å². The van der Waals surface area contributed by atoms with Crippen LogP contribution in [0.2, 0.25) is 0 Å². The maximum atomic E-state index is 11.5. The second-order valence-corrected chi connectivity index (χ2v) is 7.99. The third-order valence-corrected chi connectivity index (χ3v) is 5.34. The van der Waals surface area contributed by atoms with Gasteiger partial charge in [0.05, 0.1) is 11.7 Å². The van der Waals surface area contributed by atoms with E-state index in [1.807, 2.05) is 0 Å². The number of hydrogen-bond donors (Lipinski definition) is 2. The fourth-order valence-corrected chi connectivity index (χ4v) is 3.48.